The van der Waals surface area contributed by atoms with E-state index in [-0.39, 0.29) is 29.8 Å². The van der Waals surface area contributed by atoms with Gasteiger partial charge in [-0.05, 0) is 49.4 Å². The van der Waals surface area contributed by atoms with Crippen molar-refractivity contribution in [3.05, 3.63) is 53.1 Å². The predicted octanol–water partition coefficient (Wildman–Crippen LogP) is 2.11. The summed E-state index contributed by atoms with van der Waals surface area (Å²) in [5.41, 5.74) is 1.78. The largest absolute Gasteiger partial charge is 0.393 e. The summed E-state index contributed by atoms with van der Waals surface area (Å²) in [6.07, 6.45) is 4.60. The number of hydrogen-bond acceptors (Lipinski definition) is 3. The van der Waals surface area contributed by atoms with Crippen molar-refractivity contribution >= 4 is 5.91 Å². The lowest BCUT2D eigenvalue weighted by molar-refractivity contribution is 0.0235. The van der Waals surface area contributed by atoms with Gasteiger partial charge in [0.15, 0.2) is 0 Å². The molecule has 1 aromatic carbocycles. The van der Waals surface area contributed by atoms with Crippen molar-refractivity contribution in [2.24, 2.45) is 13.0 Å². The van der Waals surface area contributed by atoms with Crippen LogP contribution in [0.3, 0.4) is 0 Å². The molecule has 0 radical (unpaired) electrons. The van der Waals surface area contributed by atoms with Crippen molar-refractivity contribution < 1.29 is 14.3 Å². The Morgan fingerprint density at radius 1 is 1.48 bits per heavy atom. The van der Waals surface area contributed by atoms with Crippen LogP contribution in [0.15, 0.2) is 30.6 Å². The van der Waals surface area contributed by atoms with Gasteiger partial charge in [-0.3, -0.25) is 9.48 Å². The van der Waals surface area contributed by atoms with Crippen LogP contribution in [0, 0.1) is 18.7 Å². The number of nitrogens with zero attached hydrogens (tertiary/aromatic N) is 2. The van der Waals surface area contributed by atoms with Crippen molar-refractivity contribution in [3.63, 3.8) is 0 Å². The molecule has 5 nitrogen and oxygen atoms in total. The van der Waals surface area contributed by atoms with Crippen LogP contribution in [0.2, 0.25) is 0 Å². The fraction of sp³-hybridized carbons (Fsp3) is 0.412. The van der Waals surface area contributed by atoms with E-state index in [1.807, 2.05) is 13.2 Å². The highest BCUT2D eigenvalue weighted by Crippen LogP contribution is 2.38. The molecule has 1 saturated carbocycles. The van der Waals surface area contributed by atoms with Crippen molar-refractivity contribution in [3.8, 4) is 0 Å². The summed E-state index contributed by atoms with van der Waals surface area (Å²) >= 11 is 0. The van der Waals surface area contributed by atoms with Gasteiger partial charge in [-0.25, -0.2) is 4.39 Å². The Hall–Kier alpha value is -2.21. The third kappa shape index (κ3) is 3.27. The maximum atomic E-state index is 13.4. The van der Waals surface area contributed by atoms with Crippen LogP contribution in [0.4, 0.5) is 4.39 Å². The van der Waals surface area contributed by atoms with Crippen molar-refractivity contribution in [2.75, 3.05) is 0 Å². The van der Waals surface area contributed by atoms with Crippen LogP contribution in [0.1, 0.15) is 40.4 Å². The molecule has 2 aromatic rings. The summed E-state index contributed by atoms with van der Waals surface area (Å²) in [4.78, 5) is 12.5. The normalized spacial score (nSPS) is 21.6. The molecule has 1 aliphatic rings. The molecule has 0 aliphatic heterocycles. The summed E-state index contributed by atoms with van der Waals surface area (Å²) < 4.78 is 15.0. The first kappa shape index (κ1) is 15.7. The van der Waals surface area contributed by atoms with E-state index in [2.05, 4.69) is 10.4 Å². The van der Waals surface area contributed by atoms with Crippen LogP contribution in [-0.2, 0) is 7.05 Å². The average molecular weight is 317 g/mol. The quantitative estimate of drug-likeness (QED) is 0.907. The van der Waals surface area contributed by atoms with E-state index in [0.717, 1.165) is 5.56 Å². The Morgan fingerprint density at radius 3 is 2.78 bits per heavy atom. The third-order valence-electron chi connectivity index (χ3n) is 4.41. The van der Waals surface area contributed by atoms with Gasteiger partial charge in [-0.1, -0.05) is 0 Å². The van der Waals surface area contributed by atoms with Gasteiger partial charge in [0.2, 0.25) is 0 Å². The van der Waals surface area contributed by atoms with Crippen molar-refractivity contribution in [1.29, 1.82) is 0 Å². The Labute approximate surface area is 134 Å². The molecule has 6 heteroatoms. The first-order valence-corrected chi connectivity index (χ1v) is 7.67. The van der Waals surface area contributed by atoms with Gasteiger partial charge < -0.3 is 10.4 Å². The Bertz CT molecular complexity index is 722. The molecule has 1 heterocycles. The molecular weight excluding hydrogens is 297 g/mol. The number of nitrogens with one attached hydrogen (secondary N) is 1. The smallest absolute Gasteiger partial charge is 0.251 e. The molecule has 1 amide bonds. The van der Waals surface area contributed by atoms with E-state index in [4.69, 9.17) is 0 Å². The molecule has 122 valence electrons. The number of rotatable bonds is 4. The molecule has 2 N–H and O–H groups in total. The lowest BCUT2D eigenvalue weighted by Crippen LogP contribution is -2.41. The zero-order chi connectivity index (χ0) is 16.6. The second-order valence-electron chi connectivity index (χ2n) is 6.25. The molecule has 1 fully saturated rings. The monoisotopic (exact) mass is 317 g/mol. The number of aryl methyl sites for hydroxylation is 2. The van der Waals surface area contributed by atoms with Gasteiger partial charge in [0.25, 0.3) is 5.91 Å². The van der Waals surface area contributed by atoms with E-state index in [1.165, 1.54) is 12.1 Å². The zero-order valence-electron chi connectivity index (χ0n) is 13.2. The van der Waals surface area contributed by atoms with E-state index in [9.17, 15) is 14.3 Å². The highest BCUT2D eigenvalue weighted by Gasteiger charge is 2.36. The Kier molecular flexibility index (Phi) is 4.17. The molecule has 0 spiro atoms. The number of aromatic nitrogens is 2. The second kappa shape index (κ2) is 6.12. The molecule has 3 rings (SSSR count). The van der Waals surface area contributed by atoms with Crippen molar-refractivity contribution in [1.82, 2.24) is 15.1 Å². The fourth-order valence-corrected chi connectivity index (χ4v) is 2.99. The number of hydrogen-bond donors (Lipinski definition) is 2. The van der Waals surface area contributed by atoms with Crippen LogP contribution in [-0.4, -0.2) is 26.9 Å². The Balaban J connectivity index is 1.80. The molecule has 0 saturated heterocycles. The zero-order valence-corrected chi connectivity index (χ0v) is 13.2. The Morgan fingerprint density at radius 2 is 2.22 bits per heavy atom. The lowest BCUT2D eigenvalue weighted by atomic mass is 9.75. The van der Waals surface area contributed by atoms with Gasteiger partial charge in [-0.15, -0.1) is 0 Å². The fourth-order valence-electron chi connectivity index (χ4n) is 2.99. The van der Waals surface area contributed by atoms with E-state index in [0.29, 0.717) is 24.0 Å². The number of benzene rings is 1. The number of amides is 1. The van der Waals surface area contributed by atoms with Crippen LogP contribution < -0.4 is 5.32 Å². The first-order valence-electron chi connectivity index (χ1n) is 7.67. The summed E-state index contributed by atoms with van der Waals surface area (Å²) in [5.74, 6) is -0.393. The highest BCUT2D eigenvalue weighted by atomic mass is 19.1. The molecule has 23 heavy (non-hydrogen) atoms. The molecule has 1 unspecified atom stereocenters. The number of carbonyl (C=O) groups is 1. The maximum Gasteiger partial charge on any atom is 0.251 e. The van der Waals surface area contributed by atoms with Gasteiger partial charge in [0.05, 0.1) is 18.3 Å². The molecule has 1 aliphatic carbocycles. The highest BCUT2D eigenvalue weighted by molar-refractivity contribution is 5.94. The maximum absolute atomic E-state index is 13.4. The number of aliphatic hydroxyl groups is 1. The minimum absolute atomic E-state index is 0.180. The summed E-state index contributed by atoms with van der Waals surface area (Å²) in [5, 5.41) is 16.7. The average Bonchev–Trinajstić information content (AvgIpc) is 2.91. The van der Waals surface area contributed by atoms with Gasteiger partial charge in [-0.2, -0.15) is 5.10 Å². The summed E-state index contributed by atoms with van der Waals surface area (Å²) in [7, 11) is 1.82. The molecule has 1 aromatic heterocycles. The standard InChI is InChI=1S/C17H20FN3O2/c1-10-5-11(3-4-15(10)18)17(23)20-16(12-6-14(22)7-12)13-8-19-21(2)9-13/h3-5,8-9,12,14,16,22H,6-7H2,1-2H3,(H,20,23). The summed E-state index contributed by atoms with van der Waals surface area (Å²) in [6.45, 7) is 1.63. The SMILES string of the molecule is Cc1cc(C(=O)NC(c2cnn(C)c2)C2CC(O)C2)ccc1F. The minimum Gasteiger partial charge on any atom is -0.393 e. The van der Waals surface area contributed by atoms with Crippen LogP contribution in [0.25, 0.3) is 0 Å². The molecule has 1 atom stereocenters. The number of aliphatic hydroxyl groups excluding tert-OH is 1. The van der Waals surface area contributed by atoms with E-state index >= 15 is 0 Å². The van der Waals surface area contributed by atoms with Gasteiger partial charge in [0, 0.05) is 24.4 Å². The van der Waals surface area contributed by atoms with E-state index < -0.39 is 0 Å². The van der Waals surface area contributed by atoms with Crippen LogP contribution >= 0.6 is 0 Å². The van der Waals surface area contributed by atoms with Gasteiger partial charge in [0.1, 0.15) is 5.82 Å². The summed E-state index contributed by atoms with van der Waals surface area (Å²) in [6, 6.07) is 4.12. The number of carbonyl (C=O) groups excluding carboxylic acids is 1. The van der Waals surface area contributed by atoms with Crippen molar-refractivity contribution in [2.45, 2.75) is 31.9 Å². The lowest BCUT2D eigenvalue weighted by Gasteiger charge is -2.37. The minimum atomic E-state index is -0.326. The number of halogens is 1. The van der Waals surface area contributed by atoms with Gasteiger partial charge >= 0.3 is 0 Å². The molecule has 0 bridgehead atoms. The predicted molar refractivity (Wildman–Crippen MR) is 83.3 cm³/mol. The first-order chi connectivity index (χ1) is 10.9. The third-order valence-corrected chi connectivity index (χ3v) is 4.41. The van der Waals surface area contributed by atoms with E-state index in [1.54, 1.807) is 23.9 Å². The second-order valence-corrected chi connectivity index (χ2v) is 6.25. The molecular formula is C17H20FN3O2. The van der Waals surface area contributed by atoms with Crippen LogP contribution in [0.5, 0.6) is 0 Å². The topological polar surface area (TPSA) is 67.2 Å².